The zero-order valence-electron chi connectivity index (χ0n) is 14.6. The second kappa shape index (κ2) is 7.78. The molecule has 4 rings (SSSR count). The predicted octanol–water partition coefficient (Wildman–Crippen LogP) is 2.84. The molecule has 1 amide bonds. The second-order valence-electron chi connectivity index (χ2n) is 6.13. The van der Waals surface area contributed by atoms with E-state index in [0.29, 0.717) is 18.9 Å². The van der Waals surface area contributed by atoms with E-state index in [4.69, 9.17) is 9.47 Å². The van der Waals surface area contributed by atoms with E-state index in [1.165, 1.54) is 6.08 Å². The molecule has 27 heavy (non-hydrogen) atoms. The molecule has 1 atom stereocenters. The second-order valence-corrected chi connectivity index (χ2v) is 6.13. The highest BCUT2D eigenvalue weighted by atomic mass is 16.6. The Morgan fingerprint density at radius 2 is 1.93 bits per heavy atom. The molecule has 1 unspecified atom stereocenters. The number of aromatic nitrogens is 2. The summed E-state index contributed by atoms with van der Waals surface area (Å²) in [5.74, 6) is 1.24. The first-order valence-corrected chi connectivity index (χ1v) is 8.72. The van der Waals surface area contributed by atoms with Crippen LogP contribution in [0.4, 0.5) is 0 Å². The topological polar surface area (TPSA) is 65.4 Å². The van der Waals surface area contributed by atoms with Crippen molar-refractivity contribution in [2.24, 2.45) is 0 Å². The fourth-order valence-electron chi connectivity index (χ4n) is 2.75. The molecule has 0 aliphatic carbocycles. The summed E-state index contributed by atoms with van der Waals surface area (Å²) in [6, 6.07) is 17.3. The molecule has 3 aromatic rings. The van der Waals surface area contributed by atoms with Crippen molar-refractivity contribution in [2.75, 3.05) is 13.2 Å². The van der Waals surface area contributed by atoms with Gasteiger partial charge in [-0.25, -0.2) is 4.68 Å². The van der Waals surface area contributed by atoms with Crippen LogP contribution in [0.2, 0.25) is 0 Å². The van der Waals surface area contributed by atoms with Gasteiger partial charge in [-0.3, -0.25) is 4.79 Å². The maximum atomic E-state index is 12.1. The highest BCUT2D eigenvalue weighted by Gasteiger charge is 2.20. The Balaban J connectivity index is 1.29. The number of benzene rings is 2. The van der Waals surface area contributed by atoms with Crippen molar-refractivity contribution < 1.29 is 14.3 Å². The van der Waals surface area contributed by atoms with Gasteiger partial charge in [-0.05, 0) is 30.3 Å². The molecule has 0 radical (unpaired) electrons. The van der Waals surface area contributed by atoms with Gasteiger partial charge in [-0.1, -0.05) is 30.3 Å². The standard InChI is InChI=1S/C21H19N3O3/c25-21(22-13-18-15-26-19-8-4-5-9-20(19)27-18)11-10-16-12-23-24(14-16)17-6-2-1-3-7-17/h1-12,14,18H,13,15H2,(H,22,25)/b11-10+. The number of nitrogens with zero attached hydrogens (tertiary/aromatic N) is 2. The Bertz CT molecular complexity index is 950. The number of hydrogen-bond acceptors (Lipinski definition) is 4. The van der Waals surface area contributed by atoms with Gasteiger partial charge >= 0.3 is 0 Å². The van der Waals surface area contributed by atoms with Gasteiger partial charge in [-0.15, -0.1) is 0 Å². The maximum absolute atomic E-state index is 12.1. The van der Waals surface area contributed by atoms with Crippen LogP contribution in [-0.2, 0) is 4.79 Å². The Hall–Kier alpha value is -3.54. The quantitative estimate of drug-likeness (QED) is 0.710. The Morgan fingerprint density at radius 1 is 1.15 bits per heavy atom. The summed E-state index contributed by atoms with van der Waals surface area (Å²) in [6.07, 6.45) is 6.59. The van der Waals surface area contributed by atoms with Crippen LogP contribution in [0.15, 0.2) is 73.1 Å². The fraction of sp³-hybridized carbons (Fsp3) is 0.143. The van der Waals surface area contributed by atoms with Crippen LogP contribution in [-0.4, -0.2) is 34.9 Å². The molecule has 0 spiro atoms. The largest absolute Gasteiger partial charge is 0.486 e. The maximum Gasteiger partial charge on any atom is 0.244 e. The highest BCUT2D eigenvalue weighted by Crippen LogP contribution is 2.30. The minimum Gasteiger partial charge on any atom is -0.486 e. The predicted molar refractivity (Wildman–Crippen MR) is 102 cm³/mol. The molecule has 0 saturated heterocycles. The van der Waals surface area contributed by atoms with Gasteiger partial charge in [0.15, 0.2) is 11.5 Å². The van der Waals surface area contributed by atoms with E-state index in [9.17, 15) is 4.79 Å². The van der Waals surface area contributed by atoms with E-state index in [0.717, 1.165) is 17.0 Å². The van der Waals surface area contributed by atoms with Gasteiger partial charge in [0.2, 0.25) is 5.91 Å². The van der Waals surface area contributed by atoms with Crippen LogP contribution < -0.4 is 14.8 Å². The Kier molecular flexibility index (Phi) is 4.87. The fourth-order valence-corrected chi connectivity index (χ4v) is 2.75. The first-order valence-electron chi connectivity index (χ1n) is 8.72. The molecule has 6 heteroatoms. The first kappa shape index (κ1) is 16.9. The van der Waals surface area contributed by atoms with Gasteiger partial charge in [0, 0.05) is 17.8 Å². The minimum absolute atomic E-state index is 0.190. The third-order valence-corrected chi connectivity index (χ3v) is 4.12. The number of para-hydroxylation sites is 3. The molecule has 1 aliphatic rings. The minimum atomic E-state index is -0.210. The summed E-state index contributed by atoms with van der Waals surface area (Å²) >= 11 is 0. The molecular formula is C21H19N3O3. The molecule has 1 N–H and O–H groups in total. The van der Waals surface area contributed by atoms with Crippen molar-refractivity contribution in [1.29, 1.82) is 0 Å². The third kappa shape index (κ3) is 4.17. The van der Waals surface area contributed by atoms with Crippen molar-refractivity contribution in [3.05, 3.63) is 78.6 Å². The van der Waals surface area contributed by atoms with Crippen molar-refractivity contribution in [3.63, 3.8) is 0 Å². The monoisotopic (exact) mass is 361 g/mol. The number of rotatable bonds is 5. The summed E-state index contributed by atoms with van der Waals surface area (Å²) in [5, 5.41) is 7.14. The Labute approximate surface area is 157 Å². The van der Waals surface area contributed by atoms with E-state index in [1.54, 1.807) is 17.0 Å². The SMILES string of the molecule is O=C(/C=C/c1cnn(-c2ccccc2)c1)NCC1COc2ccccc2O1. The molecule has 6 nitrogen and oxygen atoms in total. The number of ether oxygens (including phenoxy) is 2. The van der Waals surface area contributed by atoms with Gasteiger partial charge < -0.3 is 14.8 Å². The number of carbonyl (C=O) groups excluding carboxylic acids is 1. The van der Waals surface area contributed by atoms with Crippen molar-refractivity contribution in [1.82, 2.24) is 15.1 Å². The van der Waals surface area contributed by atoms with E-state index in [2.05, 4.69) is 10.4 Å². The normalized spacial score (nSPS) is 15.6. The van der Waals surface area contributed by atoms with Crippen LogP contribution in [0, 0.1) is 0 Å². The first-order chi connectivity index (χ1) is 13.3. The third-order valence-electron chi connectivity index (χ3n) is 4.12. The van der Waals surface area contributed by atoms with Crippen LogP contribution in [0.1, 0.15) is 5.56 Å². The van der Waals surface area contributed by atoms with Crippen molar-refractivity contribution >= 4 is 12.0 Å². The number of nitrogens with one attached hydrogen (secondary N) is 1. The van der Waals surface area contributed by atoms with Gasteiger partial charge in [-0.2, -0.15) is 5.10 Å². The number of hydrogen-bond donors (Lipinski definition) is 1. The molecule has 2 heterocycles. The number of amides is 1. The van der Waals surface area contributed by atoms with E-state index in [1.807, 2.05) is 60.8 Å². The van der Waals surface area contributed by atoms with Crippen LogP contribution in [0.5, 0.6) is 11.5 Å². The van der Waals surface area contributed by atoms with Crippen LogP contribution in [0.25, 0.3) is 11.8 Å². The summed E-state index contributed by atoms with van der Waals surface area (Å²) in [6.45, 7) is 0.783. The number of carbonyl (C=O) groups is 1. The van der Waals surface area contributed by atoms with Gasteiger partial charge in [0.05, 0.1) is 18.4 Å². The molecule has 2 aromatic carbocycles. The van der Waals surface area contributed by atoms with Gasteiger partial charge in [0.25, 0.3) is 0 Å². The lowest BCUT2D eigenvalue weighted by molar-refractivity contribution is -0.116. The van der Waals surface area contributed by atoms with Crippen molar-refractivity contribution in [2.45, 2.75) is 6.10 Å². The van der Waals surface area contributed by atoms with Crippen molar-refractivity contribution in [3.8, 4) is 17.2 Å². The Morgan fingerprint density at radius 3 is 2.78 bits per heavy atom. The lowest BCUT2D eigenvalue weighted by Gasteiger charge is -2.26. The summed E-state index contributed by atoms with van der Waals surface area (Å²) < 4.78 is 13.2. The summed E-state index contributed by atoms with van der Waals surface area (Å²) in [4.78, 5) is 12.1. The summed E-state index contributed by atoms with van der Waals surface area (Å²) in [7, 11) is 0. The molecule has 1 aromatic heterocycles. The molecule has 0 bridgehead atoms. The zero-order chi connectivity index (χ0) is 18.5. The summed E-state index contributed by atoms with van der Waals surface area (Å²) in [5.41, 5.74) is 1.82. The van der Waals surface area contributed by atoms with E-state index >= 15 is 0 Å². The number of fused-ring (bicyclic) bond motifs is 1. The molecule has 0 saturated carbocycles. The van der Waals surface area contributed by atoms with Crippen LogP contribution >= 0.6 is 0 Å². The van der Waals surface area contributed by atoms with Gasteiger partial charge in [0.1, 0.15) is 12.7 Å². The van der Waals surface area contributed by atoms with E-state index < -0.39 is 0 Å². The zero-order valence-corrected chi connectivity index (χ0v) is 14.6. The molecular weight excluding hydrogens is 342 g/mol. The molecule has 0 fully saturated rings. The average Bonchev–Trinajstić information content (AvgIpc) is 3.20. The smallest absolute Gasteiger partial charge is 0.244 e. The lowest BCUT2D eigenvalue weighted by Crippen LogP contribution is -2.40. The molecule has 136 valence electrons. The van der Waals surface area contributed by atoms with E-state index in [-0.39, 0.29) is 12.0 Å². The lowest BCUT2D eigenvalue weighted by atomic mass is 10.2. The molecule has 1 aliphatic heterocycles. The van der Waals surface area contributed by atoms with Crippen LogP contribution in [0.3, 0.4) is 0 Å². The highest BCUT2D eigenvalue weighted by molar-refractivity contribution is 5.91. The average molecular weight is 361 g/mol.